The molecule has 3 aromatic rings. The molecule has 18 heavy (non-hydrogen) atoms. The van der Waals surface area contributed by atoms with Crippen molar-refractivity contribution >= 4 is 28.3 Å². The zero-order valence-electron chi connectivity index (χ0n) is 10.2. The monoisotopic (exact) mass is 257 g/mol. The molecule has 0 saturated heterocycles. The fourth-order valence-electron chi connectivity index (χ4n) is 2.38. The fourth-order valence-corrected chi connectivity index (χ4v) is 3.28. The molecule has 3 nitrogen and oxygen atoms in total. The van der Waals surface area contributed by atoms with E-state index in [0.717, 1.165) is 17.5 Å². The van der Waals surface area contributed by atoms with Gasteiger partial charge in [-0.05, 0) is 30.0 Å². The Kier molecular flexibility index (Phi) is 2.80. The number of fused-ring (bicyclic) bond motifs is 1. The summed E-state index contributed by atoms with van der Waals surface area (Å²) >= 11 is 1.77. The molecule has 0 radical (unpaired) electrons. The van der Waals surface area contributed by atoms with Crippen LogP contribution in [0.25, 0.3) is 11.0 Å². The fraction of sp³-hybridized carbons (Fsp3) is 0.214. The van der Waals surface area contributed by atoms with Gasteiger partial charge >= 0.3 is 0 Å². The molecule has 92 valence electrons. The molecule has 0 amide bonds. The molecule has 4 heteroatoms. The molecule has 0 fully saturated rings. The Hall–Kier alpha value is -1.81. The zero-order chi connectivity index (χ0) is 12.5. The second-order valence-electron chi connectivity index (χ2n) is 4.27. The van der Waals surface area contributed by atoms with Gasteiger partial charge in [-0.25, -0.2) is 4.98 Å². The number of anilines is 1. The number of benzene rings is 1. The normalized spacial score (nSPS) is 12.9. The van der Waals surface area contributed by atoms with Gasteiger partial charge in [0.2, 0.25) is 5.95 Å². The van der Waals surface area contributed by atoms with E-state index in [1.807, 2.05) is 18.2 Å². The highest BCUT2D eigenvalue weighted by atomic mass is 32.1. The summed E-state index contributed by atoms with van der Waals surface area (Å²) in [6, 6.07) is 12.6. The highest BCUT2D eigenvalue weighted by Gasteiger charge is 2.18. The maximum Gasteiger partial charge on any atom is 0.201 e. The third-order valence-corrected chi connectivity index (χ3v) is 4.17. The molecule has 3 rings (SSSR count). The number of rotatable bonds is 3. The number of para-hydroxylation sites is 2. The summed E-state index contributed by atoms with van der Waals surface area (Å²) in [5.74, 6) is 0.594. The predicted octanol–water partition coefficient (Wildman–Crippen LogP) is 3.68. The van der Waals surface area contributed by atoms with E-state index in [4.69, 9.17) is 5.73 Å². The van der Waals surface area contributed by atoms with E-state index in [0.29, 0.717) is 5.95 Å². The lowest BCUT2D eigenvalue weighted by Gasteiger charge is -2.17. The Balaban J connectivity index is 2.21. The molecule has 0 aliphatic carbocycles. The third kappa shape index (κ3) is 1.69. The van der Waals surface area contributed by atoms with Gasteiger partial charge in [0, 0.05) is 4.88 Å². The smallest absolute Gasteiger partial charge is 0.201 e. The highest BCUT2D eigenvalue weighted by molar-refractivity contribution is 7.10. The molecule has 0 bridgehead atoms. The van der Waals surface area contributed by atoms with Gasteiger partial charge in [-0.1, -0.05) is 25.1 Å². The summed E-state index contributed by atoms with van der Waals surface area (Å²) in [6.45, 7) is 2.18. The van der Waals surface area contributed by atoms with Crippen LogP contribution >= 0.6 is 11.3 Å². The minimum Gasteiger partial charge on any atom is -0.369 e. The van der Waals surface area contributed by atoms with Crippen LogP contribution < -0.4 is 5.73 Å². The maximum absolute atomic E-state index is 6.09. The summed E-state index contributed by atoms with van der Waals surface area (Å²) < 4.78 is 2.14. The van der Waals surface area contributed by atoms with Gasteiger partial charge < -0.3 is 10.3 Å². The zero-order valence-corrected chi connectivity index (χ0v) is 11.0. The van der Waals surface area contributed by atoms with Crippen molar-refractivity contribution in [2.45, 2.75) is 19.4 Å². The summed E-state index contributed by atoms with van der Waals surface area (Å²) in [5, 5.41) is 2.10. The molecule has 1 unspecified atom stereocenters. The van der Waals surface area contributed by atoms with Gasteiger partial charge in [-0.15, -0.1) is 11.3 Å². The average Bonchev–Trinajstić information content (AvgIpc) is 2.99. The van der Waals surface area contributed by atoms with Crippen molar-refractivity contribution < 1.29 is 0 Å². The predicted molar refractivity (Wildman–Crippen MR) is 76.9 cm³/mol. The van der Waals surface area contributed by atoms with Crippen LogP contribution in [0.2, 0.25) is 0 Å². The standard InChI is InChI=1S/C14H15N3S/c1-2-11(13-8-5-9-18-13)17-12-7-4-3-6-10(12)16-14(17)15/h3-9,11H,2H2,1H3,(H2,15,16). The molecule has 0 saturated carbocycles. The van der Waals surface area contributed by atoms with Crippen LogP contribution in [-0.2, 0) is 0 Å². The second-order valence-corrected chi connectivity index (χ2v) is 5.25. The van der Waals surface area contributed by atoms with Crippen molar-refractivity contribution in [3.63, 3.8) is 0 Å². The minimum atomic E-state index is 0.275. The molecule has 0 aliphatic heterocycles. The van der Waals surface area contributed by atoms with E-state index in [1.54, 1.807) is 11.3 Å². The van der Waals surface area contributed by atoms with Crippen molar-refractivity contribution in [2.75, 3.05) is 5.73 Å². The molecule has 2 N–H and O–H groups in total. The Morgan fingerprint density at radius 3 is 2.83 bits per heavy atom. The molecule has 2 heterocycles. The van der Waals surface area contributed by atoms with E-state index in [1.165, 1.54) is 4.88 Å². The first kappa shape index (κ1) is 11.3. The van der Waals surface area contributed by atoms with Gasteiger partial charge in [0.15, 0.2) is 0 Å². The van der Waals surface area contributed by atoms with E-state index in [2.05, 4.69) is 40.1 Å². The second kappa shape index (κ2) is 4.46. The van der Waals surface area contributed by atoms with Crippen molar-refractivity contribution in [3.8, 4) is 0 Å². The lowest BCUT2D eigenvalue weighted by Crippen LogP contribution is -2.11. The highest BCUT2D eigenvalue weighted by Crippen LogP contribution is 2.31. The number of thiophene rings is 1. The van der Waals surface area contributed by atoms with Crippen LogP contribution in [0.3, 0.4) is 0 Å². The van der Waals surface area contributed by atoms with Crippen LogP contribution in [0.1, 0.15) is 24.3 Å². The molecular weight excluding hydrogens is 242 g/mol. The van der Waals surface area contributed by atoms with Crippen LogP contribution in [0.4, 0.5) is 5.95 Å². The lowest BCUT2D eigenvalue weighted by atomic mass is 10.1. The van der Waals surface area contributed by atoms with E-state index < -0.39 is 0 Å². The van der Waals surface area contributed by atoms with Crippen LogP contribution in [0.5, 0.6) is 0 Å². The van der Waals surface area contributed by atoms with Gasteiger partial charge in [-0.3, -0.25) is 0 Å². The largest absolute Gasteiger partial charge is 0.369 e. The third-order valence-electron chi connectivity index (χ3n) is 3.19. The minimum absolute atomic E-state index is 0.275. The van der Waals surface area contributed by atoms with Gasteiger partial charge in [0.1, 0.15) is 0 Å². The summed E-state index contributed by atoms with van der Waals surface area (Å²) in [5.41, 5.74) is 8.16. The lowest BCUT2D eigenvalue weighted by molar-refractivity contribution is 0.599. The van der Waals surface area contributed by atoms with Gasteiger partial charge in [-0.2, -0.15) is 0 Å². The summed E-state index contributed by atoms with van der Waals surface area (Å²) in [7, 11) is 0. The molecule has 0 spiro atoms. The SMILES string of the molecule is CCC(c1cccs1)n1c(N)nc2ccccc21. The number of nitrogen functional groups attached to an aromatic ring is 1. The first-order chi connectivity index (χ1) is 8.81. The Morgan fingerprint density at radius 1 is 1.28 bits per heavy atom. The number of aromatic nitrogens is 2. The number of hydrogen-bond donors (Lipinski definition) is 1. The molecule has 1 aromatic carbocycles. The Labute approximate surface area is 110 Å². The van der Waals surface area contributed by atoms with E-state index >= 15 is 0 Å². The maximum atomic E-state index is 6.09. The van der Waals surface area contributed by atoms with E-state index in [-0.39, 0.29) is 6.04 Å². The van der Waals surface area contributed by atoms with Crippen LogP contribution in [-0.4, -0.2) is 9.55 Å². The topological polar surface area (TPSA) is 43.8 Å². The number of imidazole rings is 1. The van der Waals surface area contributed by atoms with Gasteiger partial charge in [0.25, 0.3) is 0 Å². The van der Waals surface area contributed by atoms with E-state index in [9.17, 15) is 0 Å². The summed E-state index contributed by atoms with van der Waals surface area (Å²) in [6.07, 6.45) is 1.01. The van der Waals surface area contributed by atoms with Crippen molar-refractivity contribution in [2.24, 2.45) is 0 Å². The van der Waals surface area contributed by atoms with Gasteiger partial charge in [0.05, 0.1) is 17.1 Å². The Bertz CT molecular complexity index is 655. The van der Waals surface area contributed by atoms with Crippen molar-refractivity contribution in [1.29, 1.82) is 0 Å². The quantitative estimate of drug-likeness (QED) is 0.778. The molecule has 2 aromatic heterocycles. The molecule has 1 atom stereocenters. The number of hydrogen-bond acceptors (Lipinski definition) is 3. The van der Waals surface area contributed by atoms with Crippen molar-refractivity contribution in [3.05, 3.63) is 46.7 Å². The molecular formula is C14H15N3S. The Morgan fingerprint density at radius 2 is 2.11 bits per heavy atom. The average molecular weight is 257 g/mol. The first-order valence-electron chi connectivity index (χ1n) is 6.07. The van der Waals surface area contributed by atoms with Crippen LogP contribution in [0, 0.1) is 0 Å². The molecule has 0 aliphatic rings. The van der Waals surface area contributed by atoms with Crippen LogP contribution in [0.15, 0.2) is 41.8 Å². The summed E-state index contributed by atoms with van der Waals surface area (Å²) in [4.78, 5) is 5.76. The first-order valence-corrected chi connectivity index (χ1v) is 6.95. The van der Waals surface area contributed by atoms with Crippen molar-refractivity contribution in [1.82, 2.24) is 9.55 Å². The number of nitrogens with two attached hydrogens (primary N) is 1. The number of nitrogens with zero attached hydrogens (tertiary/aromatic N) is 2.